The number of benzene rings is 2. The first-order valence-corrected chi connectivity index (χ1v) is 7.07. The molecule has 2 aromatic carbocycles. The molecular formula is C17H14N4O. The number of anilines is 1. The van der Waals surface area contributed by atoms with Crippen LogP contribution >= 0.6 is 0 Å². The van der Waals surface area contributed by atoms with Crippen LogP contribution in [0, 0.1) is 0 Å². The molecule has 108 valence electrons. The second-order valence-corrected chi connectivity index (χ2v) is 5.26. The molecule has 4 aromatic rings. The number of aromatic nitrogens is 3. The Morgan fingerprint density at radius 1 is 1.14 bits per heavy atom. The lowest BCUT2D eigenvalue weighted by Gasteiger charge is -2.05. The van der Waals surface area contributed by atoms with Gasteiger partial charge in [0.15, 0.2) is 0 Å². The number of rotatable bonds is 3. The van der Waals surface area contributed by atoms with E-state index >= 15 is 0 Å². The third kappa shape index (κ3) is 2.22. The molecule has 2 aromatic heterocycles. The summed E-state index contributed by atoms with van der Waals surface area (Å²) in [6.07, 6.45) is 3.99. The molecule has 4 rings (SSSR count). The molecule has 0 aliphatic rings. The van der Waals surface area contributed by atoms with Crippen molar-refractivity contribution in [3.8, 4) is 0 Å². The van der Waals surface area contributed by atoms with Gasteiger partial charge in [-0.2, -0.15) is 5.10 Å². The Kier molecular flexibility index (Phi) is 2.89. The summed E-state index contributed by atoms with van der Waals surface area (Å²) in [6, 6.07) is 13.7. The molecule has 2 heterocycles. The lowest BCUT2D eigenvalue weighted by molar-refractivity contribution is -0.115. The average Bonchev–Trinajstić information content (AvgIpc) is 3.14. The molecule has 0 spiro atoms. The number of hydrogen-bond donors (Lipinski definition) is 3. The van der Waals surface area contributed by atoms with Gasteiger partial charge in [-0.25, -0.2) is 0 Å². The summed E-state index contributed by atoms with van der Waals surface area (Å²) in [4.78, 5) is 15.4. The van der Waals surface area contributed by atoms with Crippen molar-refractivity contribution in [1.82, 2.24) is 15.2 Å². The Bertz CT molecular complexity index is 967. The molecule has 0 saturated heterocycles. The minimum Gasteiger partial charge on any atom is -0.361 e. The first-order chi connectivity index (χ1) is 10.8. The summed E-state index contributed by atoms with van der Waals surface area (Å²) < 4.78 is 0. The van der Waals surface area contributed by atoms with Crippen LogP contribution in [0.4, 0.5) is 5.69 Å². The second kappa shape index (κ2) is 5.04. The highest BCUT2D eigenvalue weighted by atomic mass is 16.1. The third-order valence-corrected chi connectivity index (χ3v) is 3.75. The van der Waals surface area contributed by atoms with E-state index in [1.54, 1.807) is 6.20 Å². The van der Waals surface area contributed by atoms with Crippen LogP contribution in [0.5, 0.6) is 0 Å². The van der Waals surface area contributed by atoms with E-state index in [2.05, 4.69) is 20.5 Å². The number of carbonyl (C=O) groups excluding carboxylic acids is 1. The smallest absolute Gasteiger partial charge is 0.228 e. The molecule has 0 unspecified atom stereocenters. The van der Waals surface area contributed by atoms with Crippen LogP contribution in [0.25, 0.3) is 21.8 Å². The largest absolute Gasteiger partial charge is 0.361 e. The highest BCUT2D eigenvalue weighted by molar-refractivity contribution is 5.97. The number of hydrogen-bond acceptors (Lipinski definition) is 2. The maximum absolute atomic E-state index is 12.2. The number of nitrogens with zero attached hydrogens (tertiary/aromatic N) is 1. The molecule has 0 aliphatic carbocycles. The Labute approximate surface area is 126 Å². The van der Waals surface area contributed by atoms with E-state index in [1.807, 2.05) is 48.7 Å². The molecule has 0 bridgehead atoms. The number of para-hydroxylation sites is 1. The zero-order chi connectivity index (χ0) is 14.9. The molecule has 0 saturated carbocycles. The highest BCUT2D eigenvalue weighted by Gasteiger charge is 2.09. The molecular weight excluding hydrogens is 276 g/mol. The normalized spacial score (nSPS) is 11.1. The zero-order valence-electron chi connectivity index (χ0n) is 11.8. The topological polar surface area (TPSA) is 73.6 Å². The van der Waals surface area contributed by atoms with E-state index in [0.717, 1.165) is 33.1 Å². The van der Waals surface area contributed by atoms with Crippen molar-refractivity contribution in [2.75, 3.05) is 5.32 Å². The number of amides is 1. The molecule has 0 radical (unpaired) electrons. The lowest BCUT2D eigenvalue weighted by atomic mass is 10.1. The van der Waals surface area contributed by atoms with E-state index in [0.29, 0.717) is 6.42 Å². The quantitative estimate of drug-likeness (QED) is 0.542. The molecule has 5 heteroatoms. The fraction of sp³-hybridized carbons (Fsp3) is 0.0588. The standard InChI is InChI=1S/C17H14N4O/c22-17(7-12-9-18-15-4-2-1-3-14(12)15)20-13-6-5-11-10-19-21-16(11)8-13/h1-6,8-10,18H,7H2,(H,19,21)(H,20,22). The van der Waals surface area contributed by atoms with Gasteiger partial charge in [-0.15, -0.1) is 0 Å². The number of nitrogens with one attached hydrogen (secondary N) is 3. The Hall–Kier alpha value is -3.08. The zero-order valence-corrected chi connectivity index (χ0v) is 11.8. The van der Waals surface area contributed by atoms with Crippen molar-refractivity contribution in [2.45, 2.75) is 6.42 Å². The fourth-order valence-electron chi connectivity index (χ4n) is 2.67. The van der Waals surface area contributed by atoms with E-state index < -0.39 is 0 Å². The van der Waals surface area contributed by atoms with Crippen LogP contribution in [0.2, 0.25) is 0 Å². The van der Waals surface area contributed by atoms with Crippen LogP contribution in [0.1, 0.15) is 5.56 Å². The second-order valence-electron chi connectivity index (χ2n) is 5.26. The molecule has 0 aliphatic heterocycles. The minimum atomic E-state index is -0.0383. The summed E-state index contributed by atoms with van der Waals surface area (Å²) in [5, 5.41) is 11.9. The molecule has 5 nitrogen and oxygen atoms in total. The van der Waals surface area contributed by atoms with E-state index in [-0.39, 0.29) is 5.91 Å². The van der Waals surface area contributed by atoms with Crippen molar-refractivity contribution >= 4 is 33.4 Å². The monoisotopic (exact) mass is 290 g/mol. The van der Waals surface area contributed by atoms with Crippen LogP contribution in [-0.2, 0) is 11.2 Å². The van der Waals surface area contributed by atoms with Gasteiger partial charge in [0.25, 0.3) is 0 Å². The fourth-order valence-corrected chi connectivity index (χ4v) is 2.67. The highest BCUT2D eigenvalue weighted by Crippen LogP contribution is 2.20. The first-order valence-electron chi connectivity index (χ1n) is 7.07. The summed E-state index contributed by atoms with van der Waals surface area (Å²) >= 11 is 0. The lowest BCUT2D eigenvalue weighted by Crippen LogP contribution is -2.14. The van der Waals surface area contributed by atoms with E-state index in [4.69, 9.17) is 0 Å². The Morgan fingerprint density at radius 2 is 2.05 bits per heavy atom. The number of carbonyl (C=O) groups is 1. The minimum absolute atomic E-state index is 0.0383. The van der Waals surface area contributed by atoms with Crippen LogP contribution in [0.15, 0.2) is 54.9 Å². The molecule has 3 N–H and O–H groups in total. The van der Waals surface area contributed by atoms with E-state index in [1.165, 1.54) is 0 Å². The van der Waals surface area contributed by atoms with E-state index in [9.17, 15) is 4.79 Å². The predicted octanol–water partition coefficient (Wildman–Crippen LogP) is 3.23. The summed E-state index contributed by atoms with van der Waals surface area (Å²) in [7, 11) is 0. The summed E-state index contributed by atoms with van der Waals surface area (Å²) in [5.41, 5.74) is 3.71. The van der Waals surface area contributed by atoms with Crippen LogP contribution < -0.4 is 5.32 Å². The molecule has 0 fully saturated rings. The van der Waals surface area contributed by atoms with Gasteiger partial charge in [-0.1, -0.05) is 18.2 Å². The van der Waals surface area contributed by atoms with Gasteiger partial charge in [0.1, 0.15) is 0 Å². The van der Waals surface area contributed by atoms with Crippen molar-refractivity contribution in [2.24, 2.45) is 0 Å². The summed E-state index contributed by atoms with van der Waals surface area (Å²) in [6.45, 7) is 0. The SMILES string of the molecule is O=C(Cc1c[nH]c2ccccc12)Nc1ccc2cn[nH]c2c1. The van der Waals surface area contributed by atoms with Gasteiger partial charge in [0, 0.05) is 28.2 Å². The van der Waals surface area contributed by atoms with Gasteiger partial charge in [-0.05, 0) is 29.8 Å². The predicted molar refractivity (Wildman–Crippen MR) is 86.7 cm³/mol. The molecule has 0 atom stereocenters. The van der Waals surface area contributed by atoms with Crippen molar-refractivity contribution < 1.29 is 4.79 Å². The number of fused-ring (bicyclic) bond motifs is 2. The van der Waals surface area contributed by atoms with Gasteiger partial charge in [0.05, 0.1) is 18.1 Å². The van der Waals surface area contributed by atoms with Gasteiger partial charge >= 0.3 is 0 Å². The van der Waals surface area contributed by atoms with Crippen molar-refractivity contribution in [1.29, 1.82) is 0 Å². The van der Waals surface area contributed by atoms with Gasteiger partial charge < -0.3 is 10.3 Å². The Balaban J connectivity index is 1.54. The maximum Gasteiger partial charge on any atom is 0.228 e. The van der Waals surface area contributed by atoms with Crippen LogP contribution in [-0.4, -0.2) is 21.1 Å². The average molecular weight is 290 g/mol. The maximum atomic E-state index is 12.2. The van der Waals surface area contributed by atoms with Crippen LogP contribution in [0.3, 0.4) is 0 Å². The van der Waals surface area contributed by atoms with Gasteiger partial charge in [-0.3, -0.25) is 9.89 Å². The molecule has 22 heavy (non-hydrogen) atoms. The number of H-pyrrole nitrogens is 2. The summed E-state index contributed by atoms with van der Waals surface area (Å²) in [5.74, 6) is -0.0383. The third-order valence-electron chi connectivity index (χ3n) is 3.75. The van der Waals surface area contributed by atoms with Crippen molar-refractivity contribution in [3.05, 3.63) is 60.4 Å². The van der Waals surface area contributed by atoms with Gasteiger partial charge in [0.2, 0.25) is 5.91 Å². The first kappa shape index (κ1) is 12.6. The molecule has 1 amide bonds. The Morgan fingerprint density at radius 3 is 3.00 bits per heavy atom. The number of aromatic amines is 2. The van der Waals surface area contributed by atoms with Crippen molar-refractivity contribution in [3.63, 3.8) is 0 Å².